The maximum atomic E-state index is 12.7. The van der Waals surface area contributed by atoms with E-state index < -0.39 is 11.8 Å². The lowest BCUT2D eigenvalue weighted by atomic mass is 9.93. The third kappa shape index (κ3) is 6.95. The van der Waals surface area contributed by atoms with E-state index in [-0.39, 0.29) is 43.9 Å². The van der Waals surface area contributed by atoms with Crippen LogP contribution in [0.2, 0.25) is 0 Å². The van der Waals surface area contributed by atoms with Gasteiger partial charge in [0.05, 0.1) is 18.8 Å². The zero-order valence-electron chi connectivity index (χ0n) is 22.4. The number of rotatable bonds is 9. The minimum atomic E-state index is -0.471. The topological polar surface area (TPSA) is 144 Å². The number of benzene rings is 1. The first-order valence-corrected chi connectivity index (χ1v) is 12.9. The Morgan fingerprint density at radius 1 is 1.12 bits per heavy atom. The number of aldehydes is 1. The van der Waals surface area contributed by atoms with E-state index in [0.29, 0.717) is 25.1 Å². The summed E-state index contributed by atoms with van der Waals surface area (Å²) < 4.78 is 0. The molecule has 208 valence electrons. The molecule has 12 nitrogen and oxygen atoms in total. The monoisotopic (exact) mass is 545 g/mol. The maximum absolute atomic E-state index is 12.7. The van der Waals surface area contributed by atoms with Crippen molar-refractivity contribution in [1.82, 2.24) is 25.1 Å². The van der Waals surface area contributed by atoms with Crippen molar-refractivity contribution in [3.63, 3.8) is 0 Å². The van der Waals surface area contributed by atoms with E-state index in [1.165, 1.54) is 17.0 Å². The molecule has 0 saturated carbocycles. The number of fused-ring (bicyclic) bond motifs is 1. The number of pyridine rings is 1. The van der Waals surface area contributed by atoms with E-state index >= 15 is 0 Å². The van der Waals surface area contributed by atoms with Crippen LogP contribution in [0.4, 0.5) is 10.5 Å². The minimum absolute atomic E-state index is 0.102. The van der Waals surface area contributed by atoms with Crippen LogP contribution in [0, 0.1) is 5.92 Å². The molecule has 2 N–H and O–H groups in total. The van der Waals surface area contributed by atoms with Crippen molar-refractivity contribution in [2.24, 2.45) is 11.0 Å². The molecule has 0 aliphatic carbocycles. The smallest absolute Gasteiger partial charge is 0.322 e. The molecule has 0 radical (unpaired) electrons. The number of carbonyl (C=O) groups is 5. The second kappa shape index (κ2) is 12.8. The standard InChI is InChI=1S/C28H31N7O5/c1-19-14-26(39)35(12-11-30-24(37)18-33(2)25(38)4-3-13-36)32-27(19)20-5-7-23(8-6-20)31-28(40)34-16-21-9-10-29-15-22(21)17-34/h3-10,13,15,19H,11-12,14,16-18H2,1-2H3,(H,30,37)(H,31,40)/b4-3-. The number of hydrogen-bond donors (Lipinski definition) is 2. The molecule has 40 heavy (non-hydrogen) atoms. The van der Waals surface area contributed by atoms with Gasteiger partial charge in [0.1, 0.15) is 6.29 Å². The maximum Gasteiger partial charge on any atom is 0.322 e. The number of allylic oxidation sites excluding steroid dienone is 1. The predicted octanol–water partition coefficient (Wildman–Crippen LogP) is 1.53. The highest BCUT2D eigenvalue weighted by Crippen LogP contribution is 2.24. The number of nitrogens with one attached hydrogen (secondary N) is 2. The summed E-state index contributed by atoms with van der Waals surface area (Å²) in [5.41, 5.74) is 4.35. The van der Waals surface area contributed by atoms with Crippen LogP contribution in [-0.2, 0) is 32.3 Å². The van der Waals surface area contributed by atoms with E-state index in [2.05, 4.69) is 20.7 Å². The zero-order valence-corrected chi connectivity index (χ0v) is 22.4. The van der Waals surface area contributed by atoms with Crippen molar-refractivity contribution < 1.29 is 24.0 Å². The summed E-state index contributed by atoms with van der Waals surface area (Å²) in [6, 6.07) is 9.04. The molecule has 5 amide bonds. The van der Waals surface area contributed by atoms with Gasteiger partial charge < -0.3 is 20.4 Å². The van der Waals surface area contributed by atoms with Gasteiger partial charge in [0.25, 0.3) is 0 Å². The van der Waals surface area contributed by atoms with E-state index in [1.807, 2.05) is 25.1 Å². The van der Waals surface area contributed by atoms with Gasteiger partial charge in [-0.15, -0.1) is 0 Å². The second-order valence-electron chi connectivity index (χ2n) is 9.65. The van der Waals surface area contributed by atoms with Gasteiger partial charge in [-0.2, -0.15) is 5.10 Å². The molecular formula is C28H31N7O5. The number of anilines is 1. The van der Waals surface area contributed by atoms with Crippen LogP contribution in [-0.4, -0.2) is 82.2 Å². The normalized spacial score (nSPS) is 16.4. The zero-order chi connectivity index (χ0) is 28.6. The Bertz CT molecular complexity index is 1330. The Kier molecular flexibility index (Phi) is 9.00. The van der Waals surface area contributed by atoms with Crippen LogP contribution in [0.1, 0.15) is 30.0 Å². The highest BCUT2D eigenvalue weighted by Gasteiger charge is 2.28. The largest absolute Gasteiger partial charge is 0.353 e. The van der Waals surface area contributed by atoms with Gasteiger partial charge in [0.2, 0.25) is 17.7 Å². The molecule has 1 aromatic heterocycles. The number of hydrazone groups is 1. The van der Waals surface area contributed by atoms with Gasteiger partial charge in [0.15, 0.2) is 0 Å². The molecule has 0 bridgehead atoms. The van der Waals surface area contributed by atoms with Crippen molar-refractivity contribution >= 4 is 41.4 Å². The lowest BCUT2D eigenvalue weighted by molar-refractivity contribution is -0.133. The predicted molar refractivity (Wildman–Crippen MR) is 147 cm³/mol. The lowest BCUT2D eigenvalue weighted by Crippen LogP contribution is -2.43. The first kappa shape index (κ1) is 28.1. The van der Waals surface area contributed by atoms with Crippen molar-refractivity contribution in [2.75, 3.05) is 32.0 Å². The van der Waals surface area contributed by atoms with Gasteiger partial charge in [-0.1, -0.05) is 19.1 Å². The van der Waals surface area contributed by atoms with E-state index in [4.69, 9.17) is 0 Å². The van der Waals surface area contributed by atoms with Crippen LogP contribution >= 0.6 is 0 Å². The average Bonchev–Trinajstić information content (AvgIpc) is 3.38. The first-order chi connectivity index (χ1) is 19.2. The highest BCUT2D eigenvalue weighted by atomic mass is 16.2. The molecule has 2 aromatic rings. The number of urea groups is 1. The van der Waals surface area contributed by atoms with Crippen molar-refractivity contribution in [1.29, 1.82) is 0 Å². The Morgan fingerprint density at radius 2 is 1.88 bits per heavy atom. The Hall–Kier alpha value is -4.87. The number of amides is 5. The minimum Gasteiger partial charge on any atom is -0.353 e. The van der Waals surface area contributed by atoms with Crippen molar-refractivity contribution in [3.8, 4) is 0 Å². The summed E-state index contributed by atoms with van der Waals surface area (Å²) in [6.45, 7) is 3.12. The average molecular weight is 546 g/mol. The van der Waals surface area contributed by atoms with E-state index in [0.717, 1.165) is 34.6 Å². The number of hydrogen-bond acceptors (Lipinski definition) is 7. The summed E-state index contributed by atoms with van der Waals surface area (Å²) in [7, 11) is 1.45. The Labute approximate surface area is 231 Å². The molecule has 2 aliphatic rings. The molecule has 0 spiro atoms. The van der Waals surface area contributed by atoms with Crippen molar-refractivity contribution in [3.05, 3.63) is 71.6 Å². The van der Waals surface area contributed by atoms with Crippen LogP contribution < -0.4 is 10.6 Å². The van der Waals surface area contributed by atoms with Gasteiger partial charge in [-0.05, 0) is 41.0 Å². The summed E-state index contributed by atoms with van der Waals surface area (Å²) in [5.74, 6) is -1.12. The SMILES string of the molecule is CC1CC(=O)N(CCNC(=O)CN(C)C(=O)/C=C\C=O)N=C1c1ccc(NC(=O)N2Cc3ccncc3C2)cc1. The van der Waals surface area contributed by atoms with E-state index in [1.54, 1.807) is 29.4 Å². The third-order valence-corrected chi connectivity index (χ3v) is 6.63. The molecule has 4 rings (SSSR count). The van der Waals surface area contributed by atoms with Crippen molar-refractivity contribution in [2.45, 2.75) is 26.4 Å². The third-order valence-electron chi connectivity index (χ3n) is 6.63. The number of likely N-dealkylation sites (N-methyl/N-ethyl adjacent to an activating group) is 1. The molecule has 1 aromatic carbocycles. The first-order valence-electron chi connectivity index (χ1n) is 12.9. The fourth-order valence-corrected chi connectivity index (χ4v) is 4.45. The van der Waals surface area contributed by atoms with Gasteiger partial charge in [-0.3, -0.25) is 24.2 Å². The van der Waals surface area contributed by atoms with Crippen LogP contribution in [0.25, 0.3) is 0 Å². The van der Waals surface area contributed by atoms with Crippen LogP contribution in [0.5, 0.6) is 0 Å². The molecule has 0 fully saturated rings. The van der Waals surface area contributed by atoms with Gasteiger partial charge >= 0.3 is 6.03 Å². The van der Waals surface area contributed by atoms with Gasteiger partial charge in [-0.25, -0.2) is 9.80 Å². The van der Waals surface area contributed by atoms with Crippen LogP contribution in [0.3, 0.4) is 0 Å². The molecule has 2 aliphatic heterocycles. The second-order valence-corrected chi connectivity index (χ2v) is 9.65. The summed E-state index contributed by atoms with van der Waals surface area (Å²) >= 11 is 0. The summed E-state index contributed by atoms with van der Waals surface area (Å²) in [4.78, 5) is 66.6. The quantitative estimate of drug-likeness (QED) is 0.361. The highest BCUT2D eigenvalue weighted by molar-refractivity contribution is 6.06. The molecule has 1 atom stereocenters. The molecule has 0 saturated heterocycles. The molecular weight excluding hydrogens is 514 g/mol. The summed E-state index contributed by atoms with van der Waals surface area (Å²) in [6.07, 6.45) is 6.40. The number of nitrogens with zero attached hydrogens (tertiary/aromatic N) is 5. The Morgan fingerprint density at radius 3 is 2.60 bits per heavy atom. The van der Waals surface area contributed by atoms with Gasteiger partial charge in [0, 0.05) is 63.2 Å². The lowest BCUT2D eigenvalue weighted by Gasteiger charge is -2.28. The number of carbonyl (C=O) groups excluding carboxylic acids is 5. The number of aromatic nitrogens is 1. The fraction of sp³-hybridized carbons (Fsp3) is 0.321. The molecule has 12 heteroatoms. The van der Waals surface area contributed by atoms with Crippen LogP contribution in [0.15, 0.2) is 60.0 Å². The molecule has 3 heterocycles. The van der Waals surface area contributed by atoms with E-state index in [9.17, 15) is 24.0 Å². The molecule has 1 unspecified atom stereocenters. The fourth-order valence-electron chi connectivity index (χ4n) is 4.45. The summed E-state index contributed by atoms with van der Waals surface area (Å²) in [5, 5.41) is 11.5. The Balaban J connectivity index is 1.31.